The Labute approximate surface area is 151 Å². The van der Waals surface area contributed by atoms with Gasteiger partial charge in [-0.05, 0) is 36.4 Å². The molecule has 0 saturated heterocycles. The minimum absolute atomic E-state index is 0.0300. The van der Waals surface area contributed by atoms with Crippen LogP contribution in [0.4, 0.5) is 17.2 Å². The van der Waals surface area contributed by atoms with Crippen molar-refractivity contribution < 1.29 is 15.2 Å². The molecule has 0 spiro atoms. The number of nitrogens with zero attached hydrogens (tertiary/aromatic N) is 3. The van der Waals surface area contributed by atoms with E-state index in [2.05, 4.69) is 25.8 Å². The number of carbonyl (C=O) groups is 1. The van der Waals surface area contributed by atoms with Crippen LogP contribution in [0.2, 0.25) is 0 Å². The normalized spacial score (nSPS) is 12.3. The van der Waals surface area contributed by atoms with Gasteiger partial charge in [-0.15, -0.1) is 5.23 Å². The molecule has 1 aliphatic rings. The number of amidine groups is 1. The molecule has 2 aromatic carbocycles. The van der Waals surface area contributed by atoms with Crippen LogP contribution in [0.25, 0.3) is 10.8 Å². The van der Waals surface area contributed by atoms with E-state index in [0.717, 1.165) is 0 Å². The molecule has 2 heterocycles. The van der Waals surface area contributed by atoms with E-state index in [1.807, 2.05) is 0 Å². The van der Waals surface area contributed by atoms with Crippen molar-refractivity contribution in [2.75, 3.05) is 17.1 Å². The average molecular weight is 366 g/mol. The average Bonchev–Trinajstić information content (AvgIpc) is 2.69. The van der Waals surface area contributed by atoms with E-state index >= 15 is 0 Å². The highest BCUT2D eigenvalue weighted by Gasteiger charge is 2.18. The van der Waals surface area contributed by atoms with E-state index in [9.17, 15) is 9.59 Å². The summed E-state index contributed by atoms with van der Waals surface area (Å²) in [5.74, 6) is 0.582. The Hall–Kier alpha value is -3.76. The van der Waals surface area contributed by atoms with Gasteiger partial charge < -0.3 is 10.6 Å². The summed E-state index contributed by atoms with van der Waals surface area (Å²) >= 11 is 0. The zero-order valence-electron chi connectivity index (χ0n) is 13.8. The van der Waals surface area contributed by atoms with Gasteiger partial charge in [-0.1, -0.05) is 6.07 Å². The second-order valence-corrected chi connectivity index (χ2v) is 5.80. The van der Waals surface area contributed by atoms with E-state index in [1.54, 1.807) is 18.2 Å². The number of aliphatic imine (C=N–C) groups is 1. The van der Waals surface area contributed by atoms with Crippen LogP contribution in [-0.4, -0.2) is 38.9 Å². The minimum Gasteiger partial charge on any atom is -0.345 e. The van der Waals surface area contributed by atoms with E-state index in [-0.39, 0.29) is 28.9 Å². The molecule has 27 heavy (non-hydrogen) atoms. The van der Waals surface area contributed by atoms with Gasteiger partial charge in [0.2, 0.25) is 0 Å². The molecule has 5 N–H and O–H groups in total. The maximum atomic E-state index is 12.3. The number of rotatable bonds is 4. The highest BCUT2D eigenvalue weighted by Crippen LogP contribution is 2.31. The number of anilines is 2. The summed E-state index contributed by atoms with van der Waals surface area (Å²) < 4.78 is 0. The number of H-pyrrole nitrogens is 1. The predicted octanol–water partition coefficient (Wildman–Crippen LogP) is 1.39. The number of aromatic amines is 1. The number of hydrogen-bond donors (Lipinski definition) is 5. The van der Waals surface area contributed by atoms with Crippen LogP contribution in [0.15, 0.2) is 52.3 Å². The van der Waals surface area contributed by atoms with Crippen LogP contribution in [0, 0.1) is 0 Å². The number of benzene rings is 2. The zero-order valence-corrected chi connectivity index (χ0v) is 13.8. The number of aromatic nitrogens is 2. The Morgan fingerprint density at radius 3 is 2.67 bits per heavy atom. The third-order valence-electron chi connectivity index (χ3n) is 4.09. The Bertz CT molecular complexity index is 1120. The maximum absolute atomic E-state index is 12.3. The third-order valence-corrected chi connectivity index (χ3v) is 4.09. The first-order valence-corrected chi connectivity index (χ1v) is 7.95. The molecule has 0 radical (unpaired) electrons. The van der Waals surface area contributed by atoms with Crippen LogP contribution >= 0.6 is 0 Å². The molecule has 0 saturated carbocycles. The monoisotopic (exact) mass is 366 g/mol. The van der Waals surface area contributed by atoms with E-state index < -0.39 is 0 Å². The number of amides is 1. The van der Waals surface area contributed by atoms with Crippen molar-refractivity contribution in [3.8, 4) is 0 Å². The fraction of sp³-hybridized carbons (Fsp3) is 0.0588. The standard InChI is InChI=1S/C17H14N6O4/c24-16(9-4-6-10(7-5-9)23(26)27)18-8-13-19-12-3-1-2-11-14(12)15(20-13)21-22-17(11)25/h1-7,26-27H,8H2,(H,18,24)(H,22,25)(H,19,20,21). The van der Waals surface area contributed by atoms with Gasteiger partial charge >= 0.3 is 0 Å². The van der Waals surface area contributed by atoms with Crippen molar-refractivity contribution in [3.63, 3.8) is 0 Å². The first-order chi connectivity index (χ1) is 13.0. The van der Waals surface area contributed by atoms with Crippen LogP contribution in [0.3, 0.4) is 0 Å². The first-order valence-electron chi connectivity index (χ1n) is 7.95. The smallest absolute Gasteiger partial charge is 0.272 e. The van der Waals surface area contributed by atoms with Gasteiger partial charge in [0, 0.05) is 5.56 Å². The fourth-order valence-electron chi connectivity index (χ4n) is 2.79. The molecule has 0 bridgehead atoms. The van der Waals surface area contributed by atoms with Gasteiger partial charge in [-0.25, -0.2) is 10.1 Å². The van der Waals surface area contributed by atoms with Gasteiger partial charge in [-0.2, -0.15) is 5.10 Å². The van der Waals surface area contributed by atoms with E-state index in [1.165, 1.54) is 24.3 Å². The lowest BCUT2D eigenvalue weighted by Gasteiger charge is -2.17. The lowest BCUT2D eigenvalue weighted by Crippen LogP contribution is -2.34. The van der Waals surface area contributed by atoms with Crippen LogP contribution < -0.4 is 21.4 Å². The summed E-state index contributed by atoms with van der Waals surface area (Å²) in [5, 5.41) is 31.1. The summed E-state index contributed by atoms with van der Waals surface area (Å²) in [5.41, 5.74) is 0.785. The van der Waals surface area contributed by atoms with Gasteiger partial charge in [-0.3, -0.25) is 20.0 Å². The fourth-order valence-corrected chi connectivity index (χ4v) is 2.79. The highest BCUT2D eigenvalue weighted by molar-refractivity contribution is 6.13. The molecule has 1 aromatic heterocycles. The van der Waals surface area contributed by atoms with Gasteiger partial charge in [0.1, 0.15) is 5.84 Å². The second kappa shape index (κ2) is 6.52. The lowest BCUT2D eigenvalue weighted by atomic mass is 10.1. The predicted molar refractivity (Wildman–Crippen MR) is 97.9 cm³/mol. The van der Waals surface area contributed by atoms with Crippen molar-refractivity contribution in [1.29, 1.82) is 0 Å². The summed E-state index contributed by atoms with van der Waals surface area (Å²) in [6, 6.07) is 10.9. The summed E-state index contributed by atoms with van der Waals surface area (Å²) in [6.07, 6.45) is 0. The van der Waals surface area contributed by atoms with Crippen molar-refractivity contribution in [2.45, 2.75) is 0 Å². The van der Waals surface area contributed by atoms with Crippen molar-refractivity contribution in [1.82, 2.24) is 15.5 Å². The molecule has 10 nitrogen and oxygen atoms in total. The molecule has 3 aromatic rings. The summed E-state index contributed by atoms with van der Waals surface area (Å²) in [7, 11) is 0. The molecule has 4 rings (SSSR count). The van der Waals surface area contributed by atoms with Crippen molar-refractivity contribution in [3.05, 3.63) is 58.4 Å². The maximum Gasteiger partial charge on any atom is 0.272 e. The van der Waals surface area contributed by atoms with Gasteiger partial charge in [0.05, 0.1) is 28.7 Å². The number of hydrogen-bond acceptors (Lipinski definition) is 8. The van der Waals surface area contributed by atoms with E-state index in [4.69, 9.17) is 10.4 Å². The van der Waals surface area contributed by atoms with Crippen LogP contribution in [0.1, 0.15) is 10.4 Å². The lowest BCUT2D eigenvalue weighted by molar-refractivity contribution is 0.0291. The Morgan fingerprint density at radius 2 is 1.93 bits per heavy atom. The second-order valence-electron chi connectivity index (χ2n) is 5.80. The largest absolute Gasteiger partial charge is 0.345 e. The minimum atomic E-state index is -0.355. The first kappa shape index (κ1) is 16.7. The molecule has 0 atom stereocenters. The molecule has 0 aliphatic carbocycles. The summed E-state index contributed by atoms with van der Waals surface area (Å²) in [6.45, 7) is 0.114. The zero-order chi connectivity index (χ0) is 19.0. The van der Waals surface area contributed by atoms with E-state index in [0.29, 0.717) is 33.7 Å². The Balaban J connectivity index is 1.52. The molecule has 136 valence electrons. The van der Waals surface area contributed by atoms with Crippen molar-refractivity contribution in [2.24, 2.45) is 4.99 Å². The molecule has 10 heteroatoms. The molecule has 1 amide bonds. The van der Waals surface area contributed by atoms with Crippen LogP contribution in [-0.2, 0) is 0 Å². The number of nitrogens with one attached hydrogen (secondary N) is 3. The van der Waals surface area contributed by atoms with Gasteiger partial charge in [0.15, 0.2) is 5.82 Å². The SMILES string of the molecule is O=C(NCC1=Nc2cccc3c(=O)[nH]nc(c23)N1)c1ccc(N(O)O)cc1. The molecular weight excluding hydrogens is 352 g/mol. The van der Waals surface area contributed by atoms with Crippen LogP contribution in [0.5, 0.6) is 0 Å². The summed E-state index contributed by atoms with van der Waals surface area (Å²) in [4.78, 5) is 28.5. The molecule has 0 fully saturated rings. The topological polar surface area (TPSA) is 143 Å². The Morgan fingerprint density at radius 1 is 1.15 bits per heavy atom. The third kappa shape index (κ3) is 3.10. The Kier molecular flexibility index (Phi) is 4.03. The number of carbonyl (C=O) groups excluding carboxylic acids is 1. The molecule has 1 aliphatic heterocycles. The van der Waals surface area contributed by atoms with Gasteiger partial charge in [0.25, 0.3) is 11.5 Å². The van der Waals surface area contributed by atoms with Crippen molar-refractivity contribution >= 4 is 39.7 Å². The molecular formula is C17H14N6O4. The molecule has 0 unspecified atom stereocenters. The highest BCUT2D eigenvalue weighted by atomic mass is 16.8. The quantitative estimate of drug-likeness (QED) is 0.439.